The Morgan fingerprint density at radius 3 is 2.29 bits per heavy atom. The molecule has 2 rings (SSSR count). The van der Waals surface area contributed by atoms with Gasteiger partial charge in [0.2, 0.25) is 5.75 Å². The highest BCUT2D eigenvalue weighted by Crippen LogP contribution is 2.30. The molecule has 0 spiro atoms. The van der Waals surface area contributed by atoms with E-state index in [1.165, 1.54) is 25.3 Å². The number of amides is 1. The summed E-state index contributed by atoms with van der Waals surface area (Å²) in [4.78, 5) is 22.3. The minimum absolute atomic E-state index is 0.0594. The topological polar surface area (TPSA) is 109 Å². The highest BCUT2D eigenvalue weighted by molar-refractivity contribution is 5.77. The molecule has 2 aromatic carbocycles. The minimum Gasteiger partial charge on any atom is -0.497 e. The van der Waals surface area contributed by atoms with Crippen molar-refractivity contribution in [1.29, 1.82) is 0 Å². The zero-order chi connectivity index (χ0) is 20.5. The van der Waals surface area contributed by atoms with Gasteiger partial charge in [0.1, 0.15) is 23.9 Å². The van der Waals surface area contributed by atoms with Gasteiger partial charge in [0, 0.05) is 12.1 Å². The molecule has 1 N–H and O–H groups in total. The number of carbonyl (C=O) groups excluding carboxylic acids is 1. The van der Waals surface area contributed by atoms with Gasteiger partial charge in [0.15, 0.2) is 6.61 Å². The van der Waals surface area contributed by atoms with Crippen LogP contribution < -0.4 is 24.3 Å². The third-order valence-electron chi connectivity index (χ3n) is 3.68. The van der Waals surface area contributed by atoms with Gasteiger partial charge in [-0.05, 0) is 37.3 Å². The van der Waals surface area contributed by atoms with Gasteiger partial charge in [-0.2, -0.15) is 0 Å². The number of methoxy groups -OCH3 is 2. The van der Waals surface area contributed by atoms with Gasteiger partial charge in [0.25, 0.3) is 5.91 Å². The molecule has 0 bridgehead atoms. The third-order valence-corrected chi connectivity index (χ3v) is 3.68. The zero-order valence-corrected chi connectivity index (χ0v) is 15.8. The predicted octanol–water partition coefficient (Wildman–Crippen LogP) is 2.57. The highest BCUT2D eigenvalue weighted by Gasteiger charge is 2.16. The summed E-state index contributed by atoms with van der Waals surface area (Å²) in [6.07, 6.45) is 0. The lowest BCUT2D eigenvalue weighted by Crippen LogP contribution is -2.39. The molecule has 9 heteroatoms. The van der Waals surface area contributed by atoms with Gasteiger partial charge in [-0.3, -0.25) is 14.9 Å². The molecule has 0 aliphatic carbocycles. The number of nitro benzene ring substituents is 1. The molecule has 0 saturated heterocycles. The summed E-state index contributed by atoms with van der Waals surface area (Å²) >= 11 is 0. The summed E-state index contributed by atoms with van der Waals surface area (Å²) in [5.41, 5.74) is -0.177. The molecule has 9 nitrogen and oxygen atoms in total. The van der Waals surface area contributed by atoms with Crippen molar-refractivity contribution in [2.45, 2.75) is 13.0 Å². The number of nitro groups is 1. The molecule has 0 aromatic heterocycles. The lowest BCUT2D eigenvalue weighted by molar-refractivity contribution is -0.385. The fourth-order valence-corrected chi connectivity index (χ4v) is 2.30. The molecule has 0 radical (unpaired) electrons. The monoisotopic (exact) mass is 390 g/mol. The molecule has 0 unspecified atom stereocenters. The van der Waals surface area contributed by atoms with Crippen LogP contribution in [-0.4, -0.2) is 44.3 Å². The van der Waals surface area contributed by atoms with E-state index >= 15 is 0 Å². The van der Waals surface area contributed by atoms with Crippen molar-refractivity contribution in [3.05, 3.63) is 52.6 Å². The van der Waals surface area contributed by atoms with Crippen LogP contribution in [0.1, 0.15) is 6.92 Å². The Morgan fingerprint density at radius 2 is 1.68 bits per heavy atom. The second-order valence-corrected chi connectivity index (χ2v) is 5.83. The van der Waals surface area contributed by atoms with Crippen LogP contribution in [0.2, 0.25) is 0 Å². The van der Waals surface area contributed by atoms with E-state index in [1.54, 1.807) is 38.3 Å². The lowest BCUT2D eigenvalue weighted by atomic mass is 10.3. The van der Waals surface area contributed by atoms with Crippen molar-refractivity contribution in [3.8, 4) is 23.0 Å². The van der Waals surface area contributed by atoms with E-state index < -0.39 is 4.92 Å². The highest BCUT2D eigenvalue weighted by atomic mass is 16.6. The standard InChI is InChI=1S/C19H22N2O7/c1-13(11-27-15-6-4-14(25-2)5-7-15)20-19(22)12-28-16-8-9-17(21(23)24)18(10-16)26-3/h4-10,13H,11-12H2,1-3H3,(H,20,22)/t13-/m1/s1. The van der Waals surface area contributed by atoms with Crippen LogP contribution in [0.15, 0.2) is 42.5 Å². The Morgan fingerprint density at radius 1 is 1.04 bits per heavy atom. The van der Waals surface area contributed by atoms with Crippen LogP contribution in [0, 0.1) is 10.1 Å². The second-order valence-electron chi connectivity index (χ2n) is 5.83. The Balaban J connectivity index is 1.79. The van der Waals surface area contributed by atoms with Gasteiger partial charge in [-0.15, -0.1) is 0 Å². The molecule has 1 atom stereocenters. The minimum atomic E-state index is -0.556. The molecule has 28 heavy (non-hydrogen) atoms. The van der Waals surface area contributed by atoms with Crippen molar-refractivity contribution >= 4 is 11.6 Å². The average molecular weight is 390 g/mol. The van der Waals surface area contributed by atoms with E-state index in [4.69, 9.17) is 18.9 Å². The van der Waals surface area contributed by atoms with Gasteiger partial charge < -0.3 is 24.3 Å². The molecular weight excluding hydrogens is 368 g/mol. The van der Waals surface area contributed by atoms with Crippen molar-refractivity contribution in [2.75, 3.05) is 27.4 Å². The maximum atomic E-state index is 12.0. The van der Waals surface area contributed by atoms with E-state index in [9.17, 15) is 14.9 Å². The maximum absolute atomic E-state index is 12.0. The molecule has 150 valence electrons. The molecule has 2 aromatic rings. The van der Waals surface area contributed by atoms with E-state index in [0.29, 0.717) is 11.5 Å². The molecule has 0 heterocycles. The van der Waals surface area contributed by atoms with Crippen LogP contribution in [0.3, 0.4) is 0 Å². The van der Waals surface area contributed by atoms with Gasteiger partial charge in [-0.25, -0.2) is 0 Å². The van der Waals surface area contributed by atoms with Gasteiger partial charge in [0.05, 0.1) is 25.2 Å². The summed E-state index contributed by atoms with van der Waals surface area (Å²) in [6, 6.07) is 10.9. The Kier molecular flexibility index (Phi) is 7.44. The summed E-state index contributed by atoms with van der Waals surface area (Å²) in [5.74, 6) is 1.40. The Hall–Kier alpha value is -3.49. The zero-order valence-electron chi connectivity index (χ0n) is 15.8. The predicted molar refractivity (Wildman–Crippen MR) is 101 cm³/mol. The smallest absolute Gasteiger partial charge is 0.311 e. The number of nitrogens with zero attached hydrogens (tertiary/aromatic N) is 1. The SMILES string of the molecule is COc1ccc(OC[C@@H](C)NC(=O)COc2ccc([N+](=O)[O-])c(OC)c2)cc1. The summed E-state index contributed by atoms with van der Waals surface area (Å²) in [5, 5.41) is 13.6. The fourth-order valence-electron chi connectivity index (χ4n) is 2.30. The normalized spacial score (nSPS) is 11.2. The number of nitrogens with one attached hydrogen (secondary N) is 1. The first-order chi connectivity index (χ1) is 13.4. The van der Waals surface area contributed by atoms with Crippen LogP contribution in [0.4, 0.5) is 5.69 Å². The van der Waals surface area contributed by atoms with Crippen LogP contribution in [0.25, 0.3) is 0 Å². The Labute approximate surface area is 162 Å². The van der Waals surface area contributed by atoms with Crippen LogP contribution in [-0.2, 0) is 4.79 Å². The van der Waals surface area contributed by atoms with Crippen molar-refractivity contribution in [3.63, 3.8) is 0 Å². The third kappa shape index (κ3) is 6.04. The molecule has 0 aliphatic heterocycles. The van der Waals surface area contributed by atoms with Gasteiger partial charge >= 0.3 is 5.69 Å². The lowest BCUT2D eigenvalue weighted by Gasteiger charge is -2.15. The molecular formula is C19H22N2O7. The summed E-state index contributed by atoms with van der Waals surface area (Å²) in [7, 11) is 2.91. The first-order valence-electron chi connectivity index (χ1n) is 8.44. The van der Waals surface area contributed by atoms with Crippen molar-refractivity contribution in [1.82, 2.24) is 5.32 Å². The molecule has 0 aliphatic rings. The van der Waals surface area contributed by atoms with Crippen molar-refractivity contribution in [2.24, 2.45) is 0 Å². The second kappa shape index (κ2) is 10.0. The number of ether oxygens (including phenoxy) is 4. The van der Waals surface area contributed by atoms with E-state index in [0.717, 1.165) is 5.75 Å². The van der Waals surface area contributed by atoms with Crippen LogP contribution in [0.5, 0.6) is 23.0 Å². The average Bonchev–Trinajstić information content (AvgIpc) is 2.70. The summed E-state index contributed by atoms with van der Waals surface area (Å²) < 4.78 is 21.0. The summed E-state index contributed by atoms with van der Waals surface area (Å²) in [6.45, 7) is 1.84. The maximum Gasteiger partial charge on any atom is 0.311 e. The van der Waals surface area contributed by atoms with E-state index in [1.807, 2.05) is 0 Å². The number of rotatable bonds is 10. The quantitative estimate of drug-likeness (QED) is 0.490. The van der Waals surface area contributed by atoms with Crippen molar-refractivity contribution < 1.29 is 28.7 Å². The number of hydrogen-bond donors (Lipinski definition) is 1. The Bertz CT molecular complexity index is 808. The molecule has 0 fully saturated rings. The first-order valence-corrected chi connectivity index (χ1v) is 8.44. The molecule has 1 amide bonds. The first kappa shape index (κ1) is 20.8. The molecule has 0 saturated carbocycles. The number of carbonyl (C=O) groups is 1. The largest absolute Gasteiger partial charge is 0.497 e. The van der Waals surface area contributed by atoms with E-state index in [2.05, 4.69) is 5.32 Å². The van der Waals surface area contributed by atoms with Gasteiger partial charge in [-0.1, -0.05) is 0 Å². The fraction of sp³-hybridized carbons (Fsp3) is 0.316. The van der Waals surface area contributed by atoms with E-state index in [-0.39, 0.29) is 36.6 Å². The number of hydrogen-bond acceptors (Lipinski definition) is 7. The number of benzene rings is 2. The van der Waals surface area contributed by atoms with Crippen LogP contribution >= 0.6 is 0 Å².